The summed E-state index contributed by atoms with van der Waals surface area (Å²) in [5.74, 6) is 1.70. The van der Waals surface area contributed by atoms with Crippen LogP contribution in [-0.2, 0) is 6.54 Å². The van der Waals surface area contributed by atoms with Crippen molar-refractivity contribution in [2.75, 3.05) is 39.2 Å². The van der Waals surface area contributed by atoms with E-state index in [1.54, 1.807) is 14.2 Å². The second-order valence-electron chi connectivity index (χ2n) is 6.16. The van der Waals surface area contributed by atoms with E-state index < -0.39 is 0 Å². The SMILES string of the molecule is CN=C(NCCCCN(C)c1ccccc1)NCc1ccc(OC)cc1. The number of guanidine groups is 1. The Balaban J connectivity index is 1.62. The Morgan fingerprint density at radius 2 is 1.73 bits per heavy atom. The summed E-state index contributed by atoms with van der Waals surface area (Å²) in [6.07, 6.45) is 2.23. The fourth-order valence-corrected chi connectivity index (χ4v) is 2.64. The Morgan fingerprint density at radius 3 is 2.38 bits per heavy atom. The summed E-state index contributed by atoms with van der Waals surface area (Å²) in [6, 6.07) is 18.5. The van der Waals surface area contributed by atoms with Crippen molar-refractivity contribution in [3.05, 3.63) is 60.2 Å². The molecule has 2 aromatic carbocycles. The molecule has 0 bridgehead atoms. The van der Waals surface area contributed by atoms with Crippen LogP contribution in [0.25, 0.3) is 0 Å². The molecule has 0 heterocycles. The Morgan fingerprint density at radius 1 is 1.00 bits per heavy atom. The summed E-state index contributed by atoms with van der Waals surface area (Å²) < 4.78 is 5.18. The molecule has 2 N–H and O–H groups in total. The summed E-state index contributed by atoms with van der Waals surface area (Å²) in [5, 5.41) is 6.71. The lowest BCUT2D eigenvalue weighted by Gasteiger charge is -2.19. The second-order valence-corrected chi connectivity index (χ2v) is 6.16. The van der Waals surface area contributed by atoms with E-state index in [9.17, 15) is 0 Å². The van der Waals surface area contributed by atoms with Gasteiger partial charge in [-0.15, -0.1) is 0 Å². The second kappa shape index (κ2) is 11.0. The first-order valence-electron chi connectivity index (χ1n) is 9.06. The molecule has 2 aromatic rings. The van der Waals surface area contributed by atoms with Gasteiger partial charge >= 0.3 is 0 Å². The van der Waals surface area contributed by atoms with Crippen molar-refractivity contribution in [2.45, 2.75) is 19.4 Å². The molecule has 140 valence electrons. The minimum Gasteiger partial charge on any atom is -0.497 e. The molecule has 0 saturated carbocycles. The zero-order valence-corrected chi connectivity index (χ0v) is 16.0. The monoisotopic (exact) mass is 354 g/mol. The molecule has 2 rings (SSSR count). The maximum atomic E-state index is 5.18. The number of nitrogens with zero attached hydrogens (tertiary/aromatic N) is 2. The van der Waals surface area contributed by atoms with Crippen LogP contribution in [0, 0.1) is 0 Å². The van der Waals surface area contributed by atoms with E-state index in [4.69, 9.17) is 4.74 Å². The van der Waals surface area contributed by atoms with Crippen LogP contribution in [-0.4, -0.2) is 40.3 Å². The highest BCUT2D eigenvalue weighted by Gasteiger charge is 2.01. The average Bonchev–Trinajstić information content (AvgIpc) is 2.71. The standard InChI is InChI=1S/C21H30N4O/c1-22-21(24-17-18-11-13-20(26-3)14-12-18)23-15-7-8-16-25(2)19-9-5-4-6-10-19/h4-6,9-14H,7-8,15-17H2,1-3H3,(H2,22,23,24). The van der Waals surface area contributed by atoms with Gasteiger partial charge in [0.1, 0.15) is 5.75 Å². The van der Waals surface area contributed by atoms with E-state index in [-0.39, 0.29) is 0 Å². The Kier molecular flexibility index (Phi) is 8.33. The Hall–Kier alpha value is -2.69. The highest BCUT2D eigenvalue weighted by molar-refractivity contribution is 5.79. The fourth-order valence-electron chi connectivity index (χ4n) is 2.64. The van der Waals surface area contributed by atoms with E-state index in [1.165, 1.54) is 11.3 Å². The molecule has 0 amide bonds. The van der Waals surface area contributed by atoms with E-state index in [0.29, 0.717) is 0 Å². The van der Waals surface area contributed by atoms with Crippen LogP contribution in [0.2, 0.25) is 0 Å². The molecule has 0 aliphatic heterocycles. The number of methoxy groups -OCH3 is 1. The Bertz CT molecular complexity index is 655. The number of hydrogen-bond acceptors (Lipinski definition) is 3. The van der Waals surface area contributed by atoms with E-state index >= 15 is 0 Å². The molecule has 0 radical (unpaired) electrons. The average molecular weight is 354 g/mol. The molecule has 0 aliphatic carbocycles. The first-order chi connectivity index (χ1) is 12.7. The highest BCUT2D eigenvalue weighted by atomic mass is 16.5. The van der Waals surface area contributed by atoms with Crippen LogP contribution in [0.15, 0.2) is 59.6 Å². The maximum Gasteiger partial charge on any atom is 0.191 e. The van der Waals surface area contributed by atoms with Crippen molar-refractivity contribution in [1.82, 2.24) is 10.6 Å². The van der Waals surface area contributed by atoms with Crippen LogP contribution in [0.3, 0.4) is 0 Å². The molecular formula is C21H30N4O. The molecule has 26 heavy (non-hydrogen) atoms. The third-order valence-electron chi connectivity index (χ3n) is 4.25. The fraction of sp³-hybridized carbons (Fsp3) is 0.381. The number of unbranched alkanes of at least 4 members (excludes halogenated alkanes) is 1. The molecule has 0 atom stereocenters. The minimum absolute atomic E-state index is 0.737. The number of para-hydroxylation sites is 1. The normalized spacial score (nSPS) is 11.1. The topological polar surface area (TPSA) is 48.9 Å². The van der Waals surface area contributed by atoms with Crippen molar-refractivity contribution in [3.8, 4) is 5.75 Å². The predicted molar refractivity (Wildman–Crippen MR) is 110 cm³/mol. The van der Waals surface area contributed by atoms with Crippen LogP contribution in [0.1, 0.15) is 18.4 Å². The van der Waals surface area contributed by atoms with E-state index in [1.807, 2.05) is 18.2 Å². The van der Waals surface area contributed by atoms with Gasteiger partial charge in [0.05, 0.1) is 7.11 Å². The first-order valence-corrected chi connectivity index (χ1v) is 9.06. The van der Waals surface area contributed by atoms with Crippen molar-refractivity contribution < 1.29 is 4.74 Å². The summed E-state index contributed by atoms with van der Waals surface area (Å²) in [6.45, 7) is 2.69. The molecule has 0 aliphatic rings. The molecule has 0 saturated heterocycles. The number of aliphatic imine (C=N–C) groups is 1. The molecule has 0 aromatic heterocycles. The van der Waals surface area contributed by atoms with Crippen LogP contribution in [0.4, 0.5) is 5.69 Å². The lowest BCUT2D eigenvalue weighted by Crippen LogP contribution is -2.37. The smallest absolute Gasteiger partial charge is 0.191 e. The Labute approximate surface area is 157 Å². The number of nitrogens with one attached hydrogen (secondary N) is 2. The van der Waals surface area contributed by atoms with Crippen molar-refractivity contribution in [2.24, 2.45) is 4.99 Å². The quantitative estimate of drug-likeness (QED) is 0.412. The van der Waals surface area contributed by atoms with E-state index in [0.717, 1.165) is 44.2 Å². The summed E-state index contributed by atoms with van der Waals surface area (Å²) in [5.41, 5.74) is 2.45. The zero-order valence-electron chi connectivity index (χ0n) is 16.0. The first kappa shape index (κ1) is 19.6. The van der Waals surface area contributed by atoms with Crippen molar-refractivity contribution >= 4 is 11.6 Å². The van der Waals surface area contributed by atoms with Crippen molar-refractivity contribution in [1.29, 1.82) is 0 Å². The van der Waals surface area contributed by atoms with Gasteiger partial charge in [-0.25, -0.2) is 0 Å². The van der Waals surface area contributed by atoms with Crippen LogP contribution < -0.4 is 20.3 Å². The third kappa shape index (κ3) is 6.67. The molecule has 5 nitrogen and oxygen atoms in total. The van der Waals surface area contributed by atoms with Gasteiger partial charge in [-0.2, -0.15) is 0 Å². The van der Waals surface area contributed by atoms with Crippen molar-refractivity contribution in [3.63, 3.8) is 0 Å². The number of ether oxygens (including phenoxy) is 1. The molecule has 0 spiro atoms. The highest BCUT2D eigenvalue weighted by Crippen LogP contribution is 2.12. The summed E-state index contributed by atoms with van der Waals surface area (Å²) >= 11 is 0. The van der Waals surface area contributed by atoms with Gasteiger partial charge in [0.25, 0.3) is 0 Å². The lowest BCUT2D eigenvalue weighted by atomic mass is 10.2. The van der Waals surface area contributed by atoms with Gasteiger partial charge in [0.15, 0.2) is 5.96 Å². The predicted octanol–water partition coefficient (Wildman–Crippen LogP) is 3.28. The van der Waals surface area contributed by atoms with Gasteiger partial charge in [-0.3, -0.25) is 4.99 Å². The number of benzene rings is 2. The largest absolute Gasteiger partial charge is 0.497 e. The molecular weight excluding hydrogens is 324 g/mol. The van der Waals surface area contributed by atoms with Gasteiger partial charge in [-0.05, 0) is 42.7 Å². The molecule has 0 unspecified atom stereocenters. The summed E-state index contributed by atoms with van der Waals surface area (Å²) in [7, 11) is 5.61. The summed E-state index contributed by atoms with van der Waals surface area (Å²) in [4.78, 5) is 6.56. The molecule has 0 fully saturated rings. The minimum atomic E-state index is 0.737. The zero-order chi connectivity index (χ0) is 18.6. The van der Waals surface area contributed by atoms with Crippen LogP contribution in [0.5, 0.6) is 5.75 Å². The van der Waals surface area contributed by atoms with Gasteiger partial charge in [0, 0.05) is 39.4 Å². The lowest BCUT2D eigenvalue weighted by molar-refractivity contribution is 0.414. The van der Waals surface area contributed by atoms with Crippen LogP contribution >= 0.6 is 0 Å². The number of hydrogen-bond donors (Lipinski definition) is 2. The van der Waals surface area contributed by atoms with E-state index in [2.05, 4.69) is 64.0 Å². The van der Waals surface area contributed by atoms with Gasteiger partial charge in [0.2, 0.25) is 0 Å². The van der Waals surface area contributed by atoms with Gasteiger partial charge in [-0.1, -0.05) is 30.3 Å². The third-order valence-corrected chi connectivity index (χ3v) is 4.25. The molecule has 5 heteroatoms. The number of anilines is 1. The maximum absolute atomic E-state index is 5.18. The van der Waals surface area contributed by atoms with Gasteiger partial charge < -0.3 is 20.3 Å². The number of rotatable bonds is 9.